The molecule has 0 aliphatic carbocycles. The van der Waals surface area contributed by atoms with Crippen LogP contribution in [0.1, 0.15) is 6.92 Å². The second-order valence-corrected chi connectivity index (χ2v) is 3.23. The van der Waals surface area contributed by atoms with Crippen molar-refractivity contribution in [2.24, 2.45) is 0 Å². The summed E-state index contributed by atoms with van der Waals surface area (Å²) in [5, 5.41) is 5.35. The summed E-state index contributed by atoms with van der Waals surface area (Å²) in [6.07, 6.45) is 1.78. The van der Waals surface area contributed by atoms with Crippen molar-refractivity contribution < 1.29 is 0 Å². The summed E-state index contributed by atoms with van der Waals surface area (Å²) in [5.74, 6) is 0. The van der Waals surface area contributed by atoms with Gasteiger partial charge in [-0.3, -0.25) is 0 Å². The van der Waals surface area contributed by atoms with Crippen LogP contribution in [0.3, 0.4) is 0 Å². The Morgan fingerprint density at radius 1 is 1.58 bits per heavy atom. The summed E-state index contributed by atoms with van der Waals surface area (Å²) in [5.41, 5.74) is 0.937. The van der Waals surface area contributed by atoms with Crippen LogP contribution >= 0.6 is 15.9 Å². The van der Waals surface area contributed by atoms with E-state index < -0.39 is 0 Å². The number of nitrogens with zero attached hydrogens (tertiary/aromatic N) is 3. The molecule has 0 fully saturated rings. The van der Waals surface area contributed by atoms with Gasteiger partial charge < -0.3 is 0 Å². The molecule has 0 bridgehead atoms. The van der Waals surface area contributed by atoms with E-state index in [1.54, 1.807) is 6.20 Å². The monoisotopic (exact) mass is 225 g/mol. The van der Waals surface area contributed by atoms with Crippen molar-refractivity contribution in [2.75, 3.05) is 0 Å². The van der Waals surface area contributed by atoms with Gasteiger partial charge >= 0.3 is 0 Å². The molecule has 2 rings (SSSR count). The summed E-state index contributed by atoms with van der Waals surface area (Å²) in [4.78, 5) is 4.24. The Hall–Kier alpha value is -0.900. The van der Waals surface area contributed by atoms with Gasteiger partial charge in [0.1, 0.15) is 4.60 Å². The van der Waals surface area contributed by atoms with Crippen molar-refractivity contribution in [3.63, 3.8) is 0 Å². The molecule has 2 heterocycles. The summed E-state index contributed by atoms with van der Waals surface area (Å²) in [6, 6.07) is 3.92. The number of halogens is 1. The number of hydrogen-bond donors (Lipinski definition) is 0. The first-order valence-electron chi connectivity index (χ1n) is 3.80. The van der Waals surface area contributed by atoms with Crippen molar-refractivity contribution in [3.05, 3.63) is 22.9 Å². The van der Waals surface area contributed by atoms with Gasteiger partial charge in [0.2, 0.25) is 0 Å². The quantitative estimate of drug-likeness (QED) is 0.746. The molecule has 0 saturated heterocycles. The zero-order valence-electron chi connectivity index (χ0n) is 6.66. The van der Waals surface area contributed by atoms with E-state index in [0.29, 0.717) is 0 Å². The lowest BCUT2D eigenvalue weighted by atomic mass is 10.4. The molecule has 0 aromatic carbocycles. The minimum absolute atomic E-state index is 0.846. The first-order chi connectivity index (χ1) is 5.83. The molecule has 62 valence electrons. The van der Waals surface area contributed by atoms with E-state index in [2.05, 4.69) is 26.0 Å². The maximum Gasteiger partial charge on any atom is 0.158 e. The number of fused-ring (bicyclic) bond motifs is 1. The van der Waals surface area contributed by atoms with Crippen LogP contribution in [0.2, 0.25) is 0 Å². The number of hydrogen-bond acceptors (Lipinski definition) is 2. The molecule has 4 heteroatoms. The predicted molar refractivity (Wildman–Crippen MR) is 50.9 cm³/mol. The smallest absolute Gasteiger partial charge is 0.158 e. The highest BCUT2D eigenvalue weighted by Crippen LogP contribution is 2.20. The average molecular weight is 226 g/mol. The maximum atomic E-state index is 4.28. The zero-order valence-corrected chi connectivity index (χ0v) is 8.24. The van der Waals surface area contributed by atoms with Gasteiger partial charge in [0.05, 0.1) is 5.39 Å². The minimum Gasteiger partial charge on any atom is -0.246 e. The number of pyridine rings is 1. The molecular formula is C8H8BrN3. The van der Waals surface area contributed by atoms with Crippen LogP contribution in [0.4, 0.5) is 0 Å². The van der Waals surface area contributed by atoms with E-state index in [9.17, 15) is 0 Å². The third-order valence-electron chi connectivity index (χ3n) is 1.76. The highest BCUT2D eigenvalue weighted by molar-refractivity contribution is 9.10. The second kappa shape index (κ2) is 2.86. The van der Waals surface area contributed by atoms with Crippen molar-refractivity contribution in [3.8, 4) is 0 Å². The first kappa shape index (κ1) is 7.73. The molecule has 0 atom stereocenters. The third-order valence-corrected chi connectivity index (χ3v) is 2.35. The average Bonchev–Trinajstić information content (AvgIpc) is 2.44. The molecule has 0 saturated carbocycles. The van der Waals surface area contributed by atoms with E-state index >= 15 is 0 Å². The van der Waals surface area contributed by atoms with Crippen molar-refractivity contribution in [1.29, 1.82) is 0 Å². The Morgan fingerprint density at radius 2 is 2.42 bits per heavy atom. The molecule has 0 amide bonds. The van der Waals surface area contributed by atoms with E-state index in [1.807, 2.05) is 23.7 Å². The van der Waals surface area contributed by atoms with Crippen LogP contribution in [-0.2, 0) is 6.54 Å². The lowest BCUT2D eigenvalue weighted by Crippen LogP contribution is -1.96. The van der Waals surface area contributed by atoms with E-state index in [1.165, 1.54) is 0 Å². The topological polar surface area (TPSA) is 30.7 Å². The van der Waals surface area contributed by atoms with Gasteiger partial charge in [0, 0.05) is 12.7 Å². The molecule has 0 aliphatic heterocycles. The Labute approximate surface area is 78.5 Å². The largest absolute Gasteiger partial charge is 0.246 e. The molecular weight excluding hydrogens is 218 g/mol. The van der Waals surface area contributed by atoms with Gasteiger partial charge in [0.25, 0.3) is 0 Å². The highest BCUT2D eigenvalue weighted by Gasteiger charge is 2.05. The van der Waals surface area contributed by atoms with Crippen LogP contribution in [0, 0.1) is 0 Å². The fourth-order valence-corrected chi connectivity index (χ4v) is 1.69. The van der Waals surface area contributed by atoms with Gasteiger partial charge in [-0.25, -0.2) is 9.67 Å². The van der Waals surface area contributed by atoms with Crippen LogP contribution in [0.5, 0.6) is 0 Å². The Balaban J connectivity index is 2.82. The molecule has 2 aromatic rings. The zero-order chi connectivity index (χ0) is 8.55. The number of aromatic nitrogens is 3. The Bertz CT molecular complexity index is 408. The molecule has 0 unspecified atom stereocenters. The molecule has 0 N–H and O–H groups in total. The van der Waals surface area contributed by atoms with Gasteiger partial charge in [-0.1, -0.05) is 0 Å². The van der Waals surface area contributed by atoms with Gasteiger partial charge in [-0.2, -0.15) is 5.10 Å². The fraction of sp³-hybridized carbons (Fsp3) is 0.250. The molecule has 0 aliphatic rings. The standard InChI is InChI=1S/C8H8BrN3/c1-2-12-8-6(7(9)11-12)4-3-5-10-8/h3-5H,2H2,1H3. The van der Waals surface area contributed by atoms with Crippen molar-refractivity contribution in [2.45, 2.75) is 13.5 Å². The Kier molecular flexibility index (Phi) is 1.84. The second-order valence-electron chi connectivity index (χ2n) is 2.48. The van der Waals surface area contributed by atoms with E-state index in [-0.39, 0.29) is 0 Å². The first-order valence-corrected chi connectivity index (χ1v) is 4.59. The molecule has 2 aromatic heterocycles. The van der Waals surface area contributed by atoms with Crippen LogP contribution in [0.25, 0.3) is 11.0 Å². The summed E-state index contributed by atoms with van der Waals surface area (Å²) < 4.78 is 2.74. The number of aryl methyl sites for hydroxylation is 1. The minimum atomic E-state index is 0.846. The Morgan fingerprint density at radius 3 is 3.17 bits per heavy atom. The fourth-order valence-electron chi connectivity index (χ4n) is 1.19. The lowest BCUT2D eigenvalue weighted by molar-refractivity contribution is 0.672. The summed E-state index contributed by atoms with van der Waals surface area (Å²) in [7, 11) is 0. The van der Waals surface area contributed by atoms with E-state index in [4.69, 9.17) is 0 Å². The van der Waals surface area contributed by atoms with Gasteiger partial charge in [-0.05, 0) is 35.0 Å². The SMILES string of the molecule is CCn1nc(Br)c2cccnc21. The highest BCUT2D eigenvalue weighted by atomic mass is 79.9. The number of rotatable bonds is 1. The predicted octanol–water partition coefficient (Wildman–Crippen LogP) is 2.21. The van der Waals surface area contributed by atoms with Crippen LogP contribution < -0.4 is 0 Å². The normalized spacial score (nSPS) is 10.8. The van der Waals surface area contributed by atoms with Crippen LogP contribution in [0.15, 0.2) is 22.9 Å². The maximum absolute atomic E-state index is 4.28. The van der Waals surface area contributed by atoms with Crippen molar-refractivity contribution >= 4 is 27.0 Å². The van der Waals surface area contributed by atoms with Crippen molar-refractivity contribution in [1.82, 2.24) is 14.8 Å². The lowest BCUT2D eigenvalue weighted by Gasteiger charge is -1.94. The van der Waals surface area contributed by atoms with E-state index in [0.717, 1.165) is 22.2 Å². The summed E-state index contributed by atoms with van der Waals surface area (Å²) in [6.45, 7) is 2.90. The molecule has 0 radical (unpaired) electrons. The molecule has 3 nitrogen and oxygen atoms in total. The third kappa shape index (κ3) is 1.03. The van der Waals surface area contributed by atoms with Crippen LogP contribution in [-0.4, -0.2) is 14.8 Å². The van der Waals surface area contributed by atoms with Gasteiger partial charge in [0.15, 0.2) is 5.65 Å². The molecule has 12 heavy (non-hydrogen) atoms. The summed E-state index contributed by atoms with van der Waals surface area (Å²) >= 11 is 3.39. The molecule has 0 spiro atoms. The van der Waals surface area contributed by atoms with Gasteiger partial charge in [-0.15, -0.1) is 0 Å².